The molecular formula is C13H16N2O3. The highest BCUT2D eigenvalue weighted by Crippen LogP contribution is 2.17. The number of hydrogen-bond donors (Lipinski definition) is 3. The van der Waals surface area contributed by atoms with E-state index in [0.29, 0.717) is 23.6 Å². The van der Waals surface area contributed by atoms with Gasteiger partial charge in [0.2, 0.25) is 5.91 Å². The van der Waals surface area contributed by atoms with Gasteiger partial charge in [-0.05, 0) is 30.6 Å². The summed E-state index contributed by atoms with van der Waals surface area (Å²) in [5, 5.41) is 14.7. The topological polar surface area (TPSA) is 78.4 Å². The zero-order valence-corrected chi connectivity index (χ0v) is 9.98. The van der Waals surface area contributed by atoms with Gasteiger partial charge in [-0.2, -0.15) is 0 Å². The molecule has 1 amide bonds. The Labute approximate surface area is 105 Å². The summed E-state index contributed by atoms with van der Waals surface area (Å²) in [6.45, 7) is 1.76. The number of nitrogens with one attached hydrogen (secondary N) is 2. The van der Waals surface area contributed by atoms with E-state index in [0.717, 1.165) is 13.1 Å². The zero-order valence-electron chi connectivity index (χ0n) is 9.98. The summed E-state index contributed by atoms with van der Waals surface area (Å²) in [5.41, 5.74) is 1.22. The van der Waals surface area contributed by atoms with E-state index in [2.05, 4.69) is 10.6 Å². The van der Waals surface area contributed by atoms with Crippen molar-refractivity contribution in [2.24, 2.45) is 5.92 Å². The van der Waals surface area contributed by atoms with Crippen LogP contribution in [0.5, 0.6) is 0 Å². The van der Waals surface area contributed by atoms with Gasteiger partial charge in [0.1, 0.15) is 0 Å². The Bertz CT molecular complexity index is 455. The third kappa shape index (κ3) is 3.30. The fraction of sp³-hybridized carbons (Fsp3) is 0.385. The number of carboxylic acids is 1. The number of carbonyl (C=O) groups excluding carboxylic acids is 1. The number of amides is 1. The standard InChI is InChI=1S/C13H16N2O3/c16-12(5-9-7-14-8-9)15-11-4-2-1-3-10(11)6-13(17)18/h1-4,9,14H,5-8H2,(H,15,16)(H,17,18). The van der Waals surface area contributed by atoms with Crippen LogP contribution in [0.15, 0.2) is 24.3 Å². The normalized spacial score (nSPS) is 14.9. The lowest BCUT2D eigenvalue weighted by molar-refractivity contribution is -0.136. The third-order valence-electron chi connectivity index (χ3n) is 2.97. The minimum atomic E-state index is -0.903. The molecule has 0 bridgehead atoms. The van der Waals surface area contributed by atoms with Crippen LogP contribution in [0.1, 0.15) is 12.0 Å². The van der Waals surface area contributed by atoms with Crippen molar-refractivity contribution in [3.8, 4) is 0 Å². The summed E-state index contributed by atoms with van der Waals surface area (Å²) in [4.78, 5) is 22.5. The lowest BCUT2D eigenvalue weighted by atomic mass is 9.99. The van der Waals surface area contributed by atoms with Gasteiger partial charge in [0.25, 0.3) is 0 Å². The summed E-state index contributed by atoms with van der Waals surface area (Å²) in [7, 11) is 0. The summed E-state index contributed by atoms with van der Waals surface area (Å²) in [6, 6.07) is 7.00. The van der Waals surface area contributed by atoms with Gasteiger partial charge in [0.05, 0.1) is 6.42 Å². The van der Waals surface area contributed by atoms with Crippen LogP contribution in [0.25, 0.3) is 0 Å². The smallest absolute Gasteiger partial charge is 0.307 e. The van der Waals surface area contributed by atoms with Crippen LogP contribution in [0.4, 0.5) is 5.69 Å². The first kappa shape index (κ1) is 12.6. The molecule has 1 aromatic rings. The number of aliphatic carboxylic acids is 1. The van der Waals surface area contributed by atoms with E-state index in [-0.39, 0.29) is 12.3 Å². The average Bonchev–Trinajstić information content (AvgIpc) is 2.26. The Morgan fingerprint density at radius 1 is 1.33 bits per heavy atom. The molecule has 1 aliphatic heterocycles. The average molecular weight is 248 g/mol. The van der Waals surface area contributed by atoms with Crippen molar-refractivity contribution < 1.29 is 14.7 Å². The Hall–Kier alpha value is -1.88. The van der Waals surface area contributed by atoms with Crippen LogP contribution in [0, 0.1) is 5.92 Å². The van der Waals surface area contributed by atoms with E-state index >= 15 is 0 Å². The fourth-order valence-electron chi connectivity index (χ4n) is 1.92. The van der Waals surface area contributed by atoms with Crippen molar-refractivity contribution >= 4 is 17.6 Å². The number of anilines is 1. The minimum Gasteiger partial charge on any atom is -0.481 e. The molecule has 0 aliphatic carbocycles. The Balaban J connectivity index is 1.98. The monoisotopic (exact) mass is 248 g/mol. The number of carbonyl (C=O) groups is 2. The van der Waals surface area contributed by atoms with Crippen molar-refractivity contribution in [2.45, 2.75) is 12.8 Å². The maximum atomic E-state index is 11.8. The third-order valence-corrected chi connectivity index (χ3v) is 2.97. The molecular weight excluding hydrogens is 232 g/mol. The predicted molar refractivity (Wildman–Crippen MR) is 67.4 cm³/mol. The van der Waals surface area contributed by atoms with E-state index in [1.807, 2.05) is 0 Å². The maximum absolute atomic E-state index is 11.8. The first-order valence-corrected chi connectivity index (χ1v) is 5.95. The molecule has 0 aromatic heterocycles. The van der Waals surface area contributed by atoms with Crippen molar-refractivity contribution in [3.63, 3.8) is 0 Å². The molecule has 1 aliphatic rings. The second kappa shape index (κ2) is 5.64. The lowest BCUT2D eigenvalue weighted by Gasteiger charge is -2.26. The molecule has 0 unspecified atom stereocenters. The molecule has 0 spiro atoms. The molecule has 0 radical (unpaired) electrons. The van der Waals surface area contributed by atoms with Gasteiger partial charge in [0.15, 0.2) is 0 Å². The molecule has 1 aromatic carbocycles. The van der Waals surface area contributed by atoms with E-state index in [9.17, 15) is 9.59 Å². The van der Waals surface area contributed by atoms with Gasteiger partial charge >= 0.3 is 5.97 Å². The zero-order chi connectivity index (χ0) is 13.0. The number of para-hydroxylation sites is 1. The summed E-state index contributed by atoms with van der Waals surface area (Å²) in [6.07, 6.45) is 0.399. The van der Waals surface area contributed by atoms with Gasteiger partial charge in [-0.25, -0.2) is 0 Å². The SMILES string of the molecule is O=C(O)Cc1ccccc1NC(=O)CC1CNC1. The highest BCUT2D eigenvalue weighted by atomic mass is 16.4. The molecule has 96 valence electrons. The Morgan fingerprint density at radius 2 is 2.06 bits per heavy atom. The second-order valence-electron chi connectivity index (χ2n) is 4.50. The molecule has 1 heterocycles. The molecule has 0 saturated carbocycles. The molecule has 0 atom stereocenters. The van der Waals surface area contributed by atoms with Gasteiger partial charge < -0.3 is 15.7 Å². The highest BCUT2D eigenvalue weighted by Gasteiger charge is 2.20. The number of benzene rings is 1. The van der Waals surface area contributed by atoms with E-state index in [1.165, 1.54) is 0 Å². The van der Waals surface area contributed by atoms with Crippen LogP contribution in [-0.2, 0) is 16.0 Å². The first-order chi connectivity index (χ1) is 8.65. The number of carboxylic acid groups (broad SMARTS) is 1. The van der Waals surface area contributed by atoms with Crippen LogP contribution in [-0.4, -0.2) is 30.1 Å². The Kier molecular flexibility index (Phi) is 3.94. The van der Waals surface area contributed by atoms with Crippen LogP contribution in [0.2, 0.25) is 0 Å². The summed E-state index contributed by atoms with van der Waals surface area (Å²) >= 11 is 0. The van der Waals surface area contributed by atoms with Crippen LogP contribution < -0.4 is 10.6 Å². The highest BCUT2D eigenvalue weighted by molar-refractivity contribution is 5.92. The maximum Gasteiger partial charge on any atom is 0.307 e. The van der Waals surface area contributed by atoms with Crippen molar-refractivity contribution in [1.29, 1.82) is 0 Å². The van der Waals surface area contributed by atoms with E-state index in [1.54, 1.807) is 24.3 Å². The van der Waals surface area contributed by atoms with Crippen LogP contribution >= 0.6 is 0 Å². The molecule has 5 heteroatoms. The van der Waals surface area contributed by atoms with Crippen LogP contribution in [0.3, 0.4) is 0 Å². The number of hydrogen-bond acceptors (Lipinski definition) is 3. The van der Waals surface area contributed by atoms with Gasteiger partial charge in [-0.1, -0.05) is 18.2 Å². The minimum absolute atomic E-state index is 0.0562. The molecule has 1 fully saturated rings. The van der Waals surface area contributed by atoms with E-state index in [4.69, 9.17) is 5.11 Å². The first-order valence-electron chi connectivity index (χ1n) is 5.95. The van der Waals surface area contributed by atoms with Crippen molar-refractivity contribution in [1.82, 2.24) is 5.32 Å². The summed E-state index contributed by atoms with van der Waals surface area (Å²) < 4.78 is 0. The molecule has 1 saturated heterocycles. The summed E-state index contributed by atoms with van der Waals surface area (Å²) in [5.74, 6) is -0.559. The van der Waals surface area contributed by atoms with E-state index < -0.39 is 5.97 Å². The van der Waals surface area contributed by atoms with Crippen molar-refractivity contribution in [3.05, 3.63) is 29.8 Å². The molecule has 5 nitrogen and oxygen atoms in total. The lowest BCUT2D eigenvalue weighted by Crippen LogP contribution is -2.43. The number of rotatable bonds is 5. The largest absolute Gasteiger partial charge is 0.481 e. The molecule has 2 rings (SSSR count). The van der Waals surface area contributed by atoms with Gasteiger partial charge in [-0.3, -0.25) is 9.59 Å². The second-order valence-corrected chi connectivity index (χ2v) is 4.50. The quantitative estimate of drug-likeness (QED) is 0.722. The molecule has 18 heavy (non-hydrogen) atoms. The van der Waals surface area contributed by atoms with Crippen molar-refractivity contribution in [2.75, 3.05) is 18.4 Å². The van der Waals surface area contributed by atoms with Gasteiger partial charge in [-0.15, -0.1) is 0 Å². The predicted octanol–water partition coefficient (Wildman–Crippen LogP) is 0.862. The van der Waals surface area contributed by atoms with Gasteiger partial charge in [0, 0.05) is 12.1 Å². The fourth-order valence-corrected chi connectivity index (χ4v) is 1.92. The molecule has 3 N–H and O–H groups in total. The Morgan fingerprint density at radius 3 is 2.67 bits per heavy atom.